The minimum Gasteiger partial charge on any atom is -0.467 e. The Labute approximate surface area is 126 Å². The SMILES string of the molecule is COC(=O)[C@H](CCSC)NC(=O)c1n[nH]c2ccccc12. The number of nitrogens with zero attached hydrogens (tertiary/aromatic N) is 1. The van der Waals surface area contributed by atoms with Crippen LogP contribution in [0.1, 0.15) is 16.9 Å². The summed E-state index contributed by atoms with van der Waals surface area (Å²) in [5.74, 6) is -0.0809. The lowest BCUT2D eigenvalue weighted by Crippen LogP contribution is -2.42. The number of benzene rings is 1. The van der Waals surface area contributed by atoms with Gasteiger partial charge in [-0.15, -0.1) is 0 Å². The highest BCUT2D eigenvalue weighted by Gasteiger charge is 2.23. The Morgan fingerprint density at radius 2 is 2.19 bits per heavy atom. The highest BCUT2D eigenvalue weighted by atomic mass is 32.2. The fourth-order valence-electron chi connectivity index (χ4n) is 1.99. The van der Waals surface area contributed by atoms with E-state index in [1.165, 1.54) is 7.11 Å². The first-order valence-corrected chi connectivity index (χ1v) is 7.87. The number of methoxy groups -OCH3 is 1. The zero-order chi connectivity index (χ0) is 15.2. The molecule has 0 unspecified atom stereocenters. The van der Waals surface area contributed by atoms with E-state index in [4.69, 9.17) is 4.74 Å². The van der Waals surface area contributed by atoms with Crippen LogP contribution in [0.5, 0.6) is 0 Å². The summed E-state index contributed by atoms with van der Waals surface area (Å²) in [6.07, 6.45) is 2.46. The normalized spacial score (nSPS) is 12.1. The molecule has 2 N–H and O–H groups in total. The van der Waals surface area contributed by atoms with Crippen LogP contribution in [0.4, 0.5) is 0 Å². The van der Waals surface area contributed by atoms with E-state index in [0.29, 0.717) is 6.42 Å². The van der Waals surface area contributed by atoms with Gasteiger partial charge < -0.3 is 10.1 Å². The minimum atomic E-state index is -0.662. The molecule has 21 heavy (non-hydrogen) atoms. The molecule has 0 radical (unpaired) electrons. The second-order valence-corrected chi connectivity index (χ2v) is 5.43. The van der Waals surface area contributed by atoms with Crippen molar-refractivity contribution in [3.63, 3.8) is 0 Å². The molecule has 0 saturated carbocycles. The maximum absolute atomic E-state index is 12.3. The van der Waals surface area contributed by atoms with Gasteiger partial charge in [-0.1, -0.05) is 18.2 Å². The zero-order valence-electron chi connectivity index (χ0n) is 11.9. The van der Waals surface area contributed by atoms with Gasteiger partial charge in [0.15, 0.2) is 5.69 Å². The lowest BCUT2D eigenvalue weighted by atomic mass is 10.2. The number of aromatic nitrogens is 2. The zero-order valence-corrected chi connectivity index (χ0v) is 12.7. The van der Waals surface area contributed by atoms with Crippen molar-refractivity contribution in [3.8, 4) is 0 Å². The molecule has 0 spiro atoms. The largest absolute Gasteiger partial charge is 0.467 e. The molecule has 2 rings (SSSR count). The van der Waals surface area contributed by atoms with Gasteiger partial charge in [0.25, 0.3) is 5.91 Å². The maximum atomic E-state index is 12.3. The van der Waals surface area contributed by atoms with Gasteiger partial charge in [0.05, 0.1) is 12.6 Å². The molecule has 1 aromatic heterocycles. The van der Waals surface area contributed by atoms with Crippen molar-refractivity contribution in [1.82, 2.24) is 15.5 Å². The van der Waals surface area contributed by atoms with Crippen LogP contribution in [0.15, 0.2) is 24.3 Å². The Morgan fingerprint density at radius 1 is 1.43 bits per heavy atom. The quantitative estimate of drug-likeness (QED) is 0.792. The number of carbonyl (C=O) groups is 2. The van der Waals surface area contributed by atoms with Gasteiger partial charge >= 0.3 is 5.97 Å². The number of esters is 1. The molecule has 112 valence electrons. The number of hydrogen-bond acceptors (Lipinski definition) is 5. The third-order valence-electron chi connectivity index (χ3n) is 3.09. The average Bonchev–Trinajstić information content (AvgIpc) is 2.94. The van der Waals surface area contributed by atoms with Crippen molar-refractivity contribution in [1.29, 1.82) is 0 Å². The molecule has 0 aliphatic heterocycles. The van der Waals surface area contributed by atoms with Crippen molar-refractivity contribution < 1.29 is 14.3 Å². The van der Waals surface area contributed by atoms with E-state index < -0.39 is 12.0 Å². The van der Waals surface area contributed by atoms with E-state index in [0.717, 1.165) is 16.7 Å². The molecule has 0 aliphatic rings. The lowest BCUT2D eigenvalue weighted by molar-refractivity contribution is -0.142. The van der Waals surface area contributed by atoms with Crippen molar-refractivity contribution in [3.05, 3.63) is 30.0 Å². The number of rotatable bonds is 6. The summed E-state index contributed by atoms with van der Waals surface area (Å²) < 4.78 is 4.72. The van der Waals surface area contributed by atoms with E-state index in [2.05, 4.69) is 15.5 Å². The first-order valence-electron chi connectivity index (χ1n) is 6.48. The summed E-state index contributed by atoms with van der Waals surface area (Å²) in [5, 5.41) is 10.2. The van der Waals surface area contributed by atoms with E-state index in [1.807, 2.05) is 30.5 Å². The summed E-state index contributed by atoms with van der Waals surface area (Å²) >= 11 is 1.60. The van der Waals surface area contributed by atoms with Crippen molar-refractivity contribution in [2.45, 2.75) is 12.5 Å². The van der Waals surface area contributed by atoms with Gasteiger partial charge in [-0.3, -0.25) is 9.89 Å². The first-order chi connectivity index (χ1) is 10.2. The van der Waals surface area contributed by atoms with Crippen LogP contribution in [0.25, 0.3) is 10.9 Å². The van der Waals surface area contributed by atoms with Crippen molar-refractivity contribution >= 4 is 34.5 Å². The molecule has 1 atom stereocenters. The molecule has 0 saturated heterocycles. The first kappa shape index (κ1) is 15.4. The fraction of sp³-hybridized carbons (Fsp3) is 0.357. The van der Waals surface area contributed by atoms with Gasteiger partial charge in [0.1, 0.15) is 6.04 Å². The lowest BCUT2D eigenvalue weighted by Gasteiger charge is -2.15. The number of hydrogen-bond donors (Lipinski definition) is 2. The van der Waals surface area contributed by atoms with Crippen LogP contribution in [0.3, 0.4) is 0 Å². The van der Waals surface area contributed by atoms with E-state index in [-0.39, 0.29) is 11.6 Å². The van der Waals surface area contributed by atoms with E-state index in [1.54, 1.807) is 11.8 Å². The summed E-state index contributed by atoms with van der Waals surface area (Å²) in [5.41, 5.74) is 1.06. The summed E-state index contributed by atoms with van der Waals surface area (Å²) in [4.78, 5) is 24.0. The van der Waals surface area contributed by atoms with Crippen LogP contribution < -0.4 is 5.32 Å². The number of thioether (sulfide) groups is 1. The highest BCUT2D eigenvalue weighted by molar-refractivity contribution is 7.98. The molecular weight excluding hydrogens is 290 g/mol. The maximum Gasteiger partial charge on any atom is 0.328 e. The van der Waals surface area contributed by atoms with Crippen molar-refractivity contribution in [2.75, 3.05) is 19.1 Å². The Bertz CT molecular complexity index is 641. The molecule has 0 aliphatic carbocycles. The minimum absolute atomic E-state index is 0.281. The summed E-state index contributed by atoms with van der Waals surface area (Å²) in [7, 11) is 1.31. The number of para-hydroxylation sites is 1. The standard InChI is InChI=1S/C14H17N3O3S/c1-20-14(19)11(7-8-21-2)15-13(18)12-9-5-3-4-6-10(9)16-17-12/h3-6,11H,7-8H2,1-2H3,(H,15,18)(H,16,17)/t11-/m0/s1. The number of amides is 1. The molecule has 0 bridgehead atoms. The number of carbonyl (C=O) groups excluding carboxylic acids is 2. The number of ether oxygens (including phenoxy) is 1. The molecule has 1 heterocycles. The third kappa shape index (κ3) is 3.55. The van der Waals surface area contributed by atoms with Crippen LogP contribution in [0, 0.1) is 0 Å². The van der Waals surface area contributed by atoms with E-state index in [9.17, 15) is 9.59 Å². The summed E-state index contributed by atoms with van der Waals surface area (Å²) in [6.45, 7) is 0. The molecule has 0 fully saturated rings. The molecule has 7 heteroatoms. The van der Waals surface area contributed by atoms with Crippen LogP contribution in [-0.2, 0) is 9.53 Å². The van der Waals surface area contributed by atoms with Gasteiger partial charge in [0, 0.05) is 5.39 Å². The van der Waals surface area contributed by atoms with Gasteiger partial charge in [-0.05, 0) is 24.5 Å². The molecular formula is C14H17N3O3S. The van der Waals surface area contributed by atoms with Crippen LogP contribution in [-0.4, -0.2) is 47.2 Å². The second-order valence-electron chi connectivity index (χ2n) is 4.45. The monoisotopic (exact) mass is 307 g/mol. The summed E-state index contributed by atoms with van der Waals surface area (Å²) in [6, 6.07) is 6.68. The molecule has 6 nitrogen and oxygen atoms in total. The topological polar surface area (TPSA) is 84.1 Å². The van der Waals surface area contributed by atoms with Gasteiger partial charge in [0.2, 0.25) is 0 Å². The predicted octanol–water partition coefficient (Wildman–Crippen LogP) is 1.59. The Balaban J connectivity index is 2.16. The fourth-order valence-corrected chi connectivity index (χ4v) is 2.46. The smallest absolute Gasteiger partial charge is 0.328 e. The number of aromatic amines is 1. The van der Waals surface area contributed by atoms with Crippen LogP contribution >= 0.6 is 11.8 Å². The third-order valence-corrected chi connectivity index (χ3v) is 3.73. The number of H-pyrrole nitrogens is 1. The highest BCUT2D eigenvalue weighted by Crippen LogP contribution is 2.15. The van der Waals surface area contributed by atoms with Crippen molar-refractivity contribution in [2.24, 2.45) is 0 Å². The Hall–Kier alpha value is -2.02. The Morgan fingerprint density at radius 3 is 2.90 bits per heavy atom. The van der Waals surface area contributed by atoms with E-state index >= 15 is 0 Å². The second kappa shape index (κ2) is 7.12. The van der Waals surface area contributed by atoms with Crippen LogP contribution in [0.2, 0.25) is 0 Å². The number of nitrogens with one attached hydrogen (secondary N) is 2. The molecule has 1 aromatic carbocycles. The molecule has 1 amide bonds. The average molecular weight is 307 g/mol. The number of fused-ring (bicyclic) bond motifs is 1. The van der Waals surface area contributed by atoms with Gasteiger partial charge in [-0.2, -0.15) is 16.9 Å². The van der Waals surface area contributed by atoms with Gasteiger partial charge in [-0.25, -0.2) is 4.79 Å². The Kier molecular flexibility index (Phi) is 5.21. The molecule has 2 aromatic rings. The predicted molar refractivity (Wildman–Crippen MR) is 82.4 cm³/mol.